The summed E-state index contributed by atoms with van der Waals surface area (Å²) in [6.45, 7) is 1.70. The summed E-state index contributed by atoms with van der Waals surface area (Å²) < 4.78 is 60.6. The minimum absolute atomic E-state index is 0.00524. The summed E-state index contributed by atoms with van der Waals surface area (Å²) in [6.07, 6.45) is 8.26. The molecule has 0 spiro atoms. The summed E-state index contributed by atoms with van der Waals surface area (Å²) >= 11 is 0. The van der Waals surface area contributed by atoms with Crippen molar-refractivity contribution in [1.82, 2.24) is 10.2 Å². The largest absolute Gasteiger partial charge is 0.501 e. The molecule has 1 aliphatic heterocycles. The summed E-state index contributed by atoms with van der Waals surface area (Å²) in [5.74, 6) is -0.399. The van der Waals surface area contributed by atoms with Crippen LogP contribution in [0.4, 0.5) is 13.2 Å². The predicted molar refractivity (Wildman–Crippen MR) is 98.6 cm³/mol. The van der Waals surface area contributed by atoms with Crippen molar-refractivity contribution in [3.05, 3.63) is 29.8 Å². The smallest absolute Gasteiger partial charge is 0.348 e. The highest BCUT2D eigenvalue weighted by Crippen LogP contribution is 2.30. The number of nitrogens with zero attached hydrogens (tertiary/aromatic N) is 1. The first kappa shape index (κ1) is 21.1. The number of rotatable bonds is 4. The molecule has 3 rings (SSSR count). The number of carbonyl (C=O) groups is 1. The maximum absolute atomic E-state index is 12.6. The van der Waals surface area contributed by atoms with E-state index in [4.69, 9.17) is 0 Å². The predicted octanol–water partition coefficient (Wildman–Crippen LogP) is 3.51. The van der Waals surface area contributed by atoms with E-state index in [2.05, 4.69) is 10.2 Å². The van der Waals surface area contributed by atoms with Gasteiger partial charge in [-0.05, 0) is 43.5 Å². The number of halogens is 3. The van der Waals surface area contributed by atoms with E-state index >= 15 is 0 Å². The van der Waals surface area contributed by atoms with Crippen LogP contribution in [0, 0.1) is 0 Å². The second-order valence-electron chi connectivity index (χ2n) is 7.57. The van der Waals surface area contributed by atoms with E-state index < -0.39 is 26.1 Å². The maximum atomic E-state index is 12.6. The van der Waals surface area contributed by atoms with Gasteiger partial charge in [-0.15, -0.1) is 0 Å². The molecule has 28 heavy (non-hydrogen) atoms. The molecule has 2 aliphatic rings. The number of alkyl halides is 3. The molecule has 1 N–H and O–H groups in total. The molecule has 1 heterocycles. The van der Waals surface area contributed by atoms with Gasteiger partial charge >= 0.3 is 5.51 Å². The normalized spacial score (nSPS) is 22.8. The topological polar surface area (TPSA) is 66.5 Å². The molecule has 1 amide bonds. The first-order valence-corrected chi connectivity index (χ1v) is 11.1. The van der Waals surface area contributed by atoms with E-state index in [1.807, 2.05) is 0 Å². The van der Waals surface area contributed by atoms with Crippen LogP contribution in [-0.4, -0.2) is 49.9 Å². The Morgan fingerprint density at radius 1 is 1.00 bits per heavy atom. The Hall–Kier alpha value is -1.61. The highest BCUT2D eigenvalue weighted by Gasteiger charge is 2.46. The van der Waals surface area contributed by atoms with Crippen LogP contribution in [0.1, 0.15) is 55.3 Å². The zero-order chi connectivity index (χ0) is 20.4. The summed E-state index contributed by atoms with van der Waals surface area (Å²) in [6, 6.07) is 4.44. The van der Waals surface area contributed by atoms with E-state index in [1.165, 1.54) is 38.5 Å². The summed E-state index contributed by atoms with van der Waals surface area (Å²) in [4.78, 5) is 14.0. The average molecular weight is 418 g/mol. The van der Waals surface area contributed by atoms with Gasteiger partial charge in [0.15, 0.2) is 0 Å². The number of nitrogens with one attached hydrogen (secondary N) is 1. The quantitative estimate of drug-likeness (QED) is 0.760. The molecule has 1 aromatic rings. The monoisotopic (exact) mass is 418 g/mol. The van der Waals surface area contributed by atoms with Gasteiger partial charge in [-0.1, -0.05) is 25.7 Å². The number of carbonyl (C=O) groups excluding carboxylic acids is 1. The van der Waals surface area contributed by atoms with Crippen LogP contribution < -0.4 is 5.32 Å². The molecule has 1 aromatic carbocycles. The van der Waals surface area contributed by atoms with Crippen molar-refractivity contribution < 1.29 is 26.4 Å². The van der Waals surface area contributed by atoms with Crippen LogP contribution in [0.3, 0.4) is 0 Å². The van der Waals surface area contributed by atoms with Crippen molar-refractivity contribution in [1.29, 1.82) is 0 Å². The van der Waals surface area contributed by atoms with E-state index in [9.17, 15) is 26.4 Å². The molecule has 1 unspecified atom stereocenters. The van der Waals surface area contributed by atoms with Crippen LogP contribution in [0.15, 0.2) is 29.2 Å². The van der Waals surface area contributed by atoms with Crippen molar-refractivity contribution in [3.63, 3.8) is 0 Å². The van der Waals surface area contributed by atoms with Crippen LogP contribution in [-0.2, 0) is 9.84 Å². The van der Waals surface area contributed by atoms with Gasteiger partial charge in [0.25, 0.3) is 15.7 Å². The molecule has 5 nitrogen and oxygen atoms in total. The molecule has 0 aromatic heterocycles. The Kier molecular flexibility index (Phi) is 6.34. The van der Waals surface area contributed by atoms with E-state index in [0.717, 1.165) is 43.8 Å². The number of hydrogen-bond donors (Lipinski definition) is 1. The molecule has 1 saturated carbocycles. The van der Waals surface area contributed by atoms with E-state index in [0.29, 0.717) is 6.04 Å². The van der Waals surface area contributed by atoms with Crippen LogP contribution in [0.25, 0.3) is 0 Å². The lowest BCUT2D eigenvalue weighted by atomic mass is 10.1. The summed E-state index contributed by atoms with van der Waals surface area (Å²) in [7, 11) is -5.40. The van der Waals surface area contributed by atoms with E-state index in [1.54, 1.807) is 0 Å². The molecular formula is C19H25F3N2O3S. The third kappa shape index (κ3) is 4.68. The fourth-order valence-corrected chi connectivity index (χ4v) is 4.81. The van der Waals surface area contributed by atoms with Gasteiger partial charge in [0.2, 0.25) is 0 Å². The van der Waals surface area contributed by atoms with Gasteiger partial charge in [-0.2, -0.15) is 13.2 Å². The molecule has 0 bridgehead atoms. The van der Waals surface area contributed by atoms with Gasteiger partial charge in [0.1, 0.15) is 0 Å². The summed E-state index contributed by atoms with van der Waals surface area (Å²) in [5.41, 5.74) is -5.21. The van der Waals surface area contributed by atoms with E-state index in [-0.39, 0.29) is 11.6 Å². The third-order valence-corrected chi connectivity index (χ3v) is 7.13. The lowest BCUT2D eigenvalue weighted by Gasteiger charge is -2.26. The molecule has 9 heteroatoms. The Bertz CT molecular complexity index is 786. The van der Waals surface area contributed by atoms with Gasteiger partial charge in [-0.25, -0.2) is 8.42 Å². The molecule has 0 radical (unpaired) electrons. The van der Waals surface area contributed by atoms with Gasteiger partial charge in [-0.3, -0.25) is 9.69 Å². The second kappa shape index (κ2) is 8.41. The highest BCUT2D eigenvalue weighted by molar-refractivity contribution is 7.92. The van der Waals surface area contributed by atoms with Crippen LogP contribution in [0.2, 0.25) is 0 Å². The Morgan fingerprint density at radius 3 is 2.18 bits per heavy atom. The number of benzene rings is 1. The zero-order valence-corrected chi connectivity index (χ0v) is 16.4. The first-order chi connectivity index (χ1) is 13.2. The summed E-state index contributed by atoms with van der Waals surface area (Å²) in [5, 5.41) is 2.92. The van der Waals surface area contributed by atoms with Crippen molar-refractivity contribution >= 4 is 15.7 Å². The third-order valence-electron chi connectivity index (χ3n) is 5.63. The van der Waals surface area contributed by atoms with Crippen molar-refractivity contribution in [2.45, 2.75) is 67.4 Å². The lowest BCUT2D eigenvalue weighted by molar-refractivity contribution is -0.0436. The number of likely N-dealkylation sites (tertiary alicyclic amines) is 1. The van der Waals surface area contributed by atoms with Crippen molar-refractivity contribution in [2.24, 2.45) is 0 Å². The minimum atomic E-state index is -5.40. The highest BCUT2D eigenvalue weighted by atomic mass is 32.2. The number of sulfone groups is 1. The zero-order valence-electron chi connectivity index (χ0n) is 15.5. The molecule has 1 atom stereocenters. The van der Waals surface area contributed by atoms with Gasteiger partial charge < -0.3 is 5.32 Å². The minimum Gasteiger partial charge on any atom is -0.348 e. The molecular weight excluding hydrogens is 393 g/mol. The number of hydrogen-bond acceptors (Lipinski definition) is 4. The SMILES string of the molecule is O=C(NC1CCN(C2CCCCCC2)C1)c1ccc(S(=O)(=O)C(F)(F)F)cc1. The first-order valence-electron chi connectivity index (χ1n) is 9.65. The number of amides is 1. The Labute approximate surface area is 163 Å². The Morgan fingerprint density at radius 2 is 1.61 bits per heavy atom. The van der Waals surface area contributed by atoms with Gasteiger partial charge in [0, 0.05) is 30.7 Å². The molecule has 2 fully saturated rings. The maximum Gasteiger partial charge on any atom is 0.501 e. The lowest BCUT2D eigenvalue weighted by Crippen LogP contribution is -2.39. The van der Waals surface area contributed by atoms with Crippen molar-refractivity contribution in [2.75, 3.05) is 13.1 Å². The fourth-order valence-electron chi connectivity index (χ4n) is 4.05. The fraction of sp³-hybridized carbons (Fsp3) is 0.632. The molecule has 1 aliphatic carbocycles. The standard InChI is InChI=1S/C19H25F3N2O3S/c20-19(21,22)28(26,27)17-9-7-14(8-10-17)18(25)23-15-11-12-24(13-15)16-5-3-1-2-4-6-16/h7-10,15-16H,1-6,11-13H2,(H,23,25). The molecule has 1 saturated heterocycles. The van der Waals surface area contributed by atoms with Crippen molar-refractivity contribution in [3.8, 4) is 0 Å². The Balaban J connectivity index is 1.58. The van der Waals surface area contributed by atoms with Gasteiger partial charge in [0.05, 0.1) is 4.90 Å². The molecule has 156 valence electrons. The van der Waals surface area contributed by atoms with Crippen LogP contribution in [0.5, 0.6) is 0 Å². The second-order valence-corrected chi connectivity index (χ2v) is 9.51. The average Bonchev–Trinajstić information content (AvgIpc) is 2.93. The van der Waals surface area contributed by atoms with Crippen LogP contribution >= 0.6 is 0 Å².